The Balaban J connectivity index is 1.33. The maximum Gasteiger partial charge on any atom is 0.251 e. The number of amides is 1. The van der Waals surface area contributed by atoms with Crippen LogP contribution in [0.3, 0.4) is 0 Å². The fourth-order valence-electron chi connectivity index (χ4n) is 5.05. The number of aromatic nitrogens is 4. The Bertz CT molecular complexity index is 1190. The van der Waals surface area contributed by atoms with Crippen molar-refractivity contribution in [3.8, 4) is 22.2 Å². The molecule has 1 amide bonds. The van der Waals surface area contributed by atoms with Crippen molar-refractivity contribution in [3.05, 3.63) is 42.1 Å². The number of hydrogen-bond donors (Lipinski definition) is 0. The molecule has 0 bridgehead atoms. The number of hydrogen-bond acceptors (Lipinski definition) is 9. The van der Waals surface area contributed by atoms with Crippen molar-refractivity contribution in [1.82, 2.24) is 24.3 Å². The largest absolute Gasteiger partial charge is 0.491 e. The SMILES string of the molecule is COc1cc(-c2cn(C3(C(=O)N4CCOC5c6ccccc6OCC54)CCOCC3)nn2)sn1. The molecule has 2 atom stereocenters. The molecule has 3 aromatic rings. The second kappa shape index (κ2) is 8.64. The summed E-state index contributed by atoms with van der Waals surface area (Å²) in [5.41, 5.74) is 0.769. The van der Waals surface area contributed by atoms with Gasteiger partial charge < -0.3 is 23.8 Å². The zero-order chi connectivity index (χ0) is 23.1. The zero-order valence-corrected chi connectivity index (χ0v) is 19.6. The van der Waals surface area contributed by atoms with E-state index in [-0.39, 0.29) is 18.1 Å². The monoisotopic (exact) mass is 483 g/mol. The van der Waals surface area contributed by atoms with Gasteiger partial charge >= 0.3 is 0 Å². The first-order chi connectivity index (χ1) is 16.7. The van der Waals surface area contributed by atoms with Crippen molar-refractivity contribution in [2.75, 3.05) is 40.1 Å². The molecule has 2 unspecified atom stereocenters. The van der Waals surface area contributed by atoms with Crippen LogP contribution in [0.5, 0.6) is 11.6 Å². The maximum absolute atomic E-state index is 14.3. The lowest BCUT2D eigenvalue weighted by atomic mass is 9.86. The van der Waals surface area contributed by atoms with Crippen LogP contribution in [-0.4, -0.2) is 76.3 Å². The number of methoxy groups -OCH3 is 1. The summed E-state index contributed by atoms with van der Waals surface area (Å²) in [7, 11) is 1.58. The van der Waals surface area contributed by atoms with E-state index in [1.807, 2.05) is 41.4 Å². The Morgan fingerprint density at radius 3 is 2.91 bits per heavy atom. The number of para-hydroxylation sites is 1. The van der Waals surface area contributed by atoms with Crippen LogP contribution in [0.25, 0.3) is 10.6 Å². The van der Waals surface area contributed by atoms with Gasteiger partial charge in [0.05, 0.1) is 30.8 Å². The number of benzene rings is 1. The lowest BCUT2D eigenvalue weighted by molar-refractivity contribution is -0.166. The van der Waals surface area contributed by atoms with Crippen LogP contribution in [0.15, 0.2) is 36.5 Å². The summed E-state index contributed by atoms with van der Waals surface area (Å²) < 4.78 is 29.0. The Kier molecular flexibility index (Phi) is 5.47. The molecule has 2 fully saturated rings. The summed E-state index contributed by atoms with van der Waals surface area (Å²) in [6.07, 6.45) is 2.66. The van der Waals surface area contributed by atoms with Crippen LogP contribution in [0, 0.1) is 0 Å². The van der Waals surface area contributed by atoms with Gasteiger partial charge in [0.1, 0.15) is 29.7 Å². The number of morpholine rings is 1. The molecule has 3 aliphatic rings. The predicted molar refractivity (Wildman–Crippen MR) is 122 cm³/mol. The molecule has 0 saturated carbocycles. The van der Waals surface area contributed by atoms with Gasteiger partial charge in [0.25, 0.3) is 5.91 Å². The molecular weight excluding hydrogens is 458 g/mol. The molecule has 0 N–H and O–H groups in total. The Morgan fingerprint density at radius 1 is 1.24 bits per heavy atom. The molecule has 3 aliphatic heterocycles. The van der Waals surface area contributed by atoms with E-state index in [0.717, 1.165) is 16.2 Å². The van der Waals surface area contributed by atoms with Crippen molar-refractivity contribution >= 4 is 17.4 Å². The predicted octanol–water partition coefficient (Wildman–Crippen LogP) is 2.28. The van der Waals surface area contributed by atoms with Crippen molar-refractivity contribution in [2.24, 2.45) is 0 Å². The molecule has 6 rings (SSSR count). The van der Waals surface area contributed by atoms with E-state index in [1.165, 1.54) is 11.5 Å². The molecule has 2 aromatic heterocycles. The summed E-state index contributed by atoms with van der Waals surface area (Å²) in [5, 5.41) is 8.78. The van der Waals surface area contributed by atoms with Crippen molar-refractivity contribution < 1.29 is 23.7 Å². The maximum atomic E-state index is 14.3. The van der Waals surface area contributed by atoms with E-state index in [0.29, 0.717) is 57.4 Å². The average Bonchev–Trinajstić information content (AvgIpc) is 3.58. The van der Waals surface area contributed by atoms with Crippen molar-refractivity contribution in [2.45, 2.75) is 30.5 Å². The minimum atomic E-state index is -0.878. The van der Waals surface area contributed by atoms with E-state index in [1.54, 1.807) is 11.8 Å². The smallest absolute Gasteiger partial charge is 0.251 e. The highest BCUT2D eigenvalue weighted by molar-refractivity contribution is 7.09. The van der Waals surface area contributed by atoms with Gasteiger partial charge in [-0.25, -0.2) is 4.68 Å². The third kappa shape index (κ3) is 3.46. The lowest BCUT2D eigenvalue weighted by Gasteiger charge is -2.48. The highest BCUT2D eigenvalue weighted by Gasteiger charge is 2.50. The number of fused-ring (bicyclic) bond motifs is 3. The quantitative estimate of drug-likeness (QED) is 0.557. The third-order valence-corrected chi connectivity index (χ3v) is 7.67. The van der Waals surface area contributed by atoms with Gasteiger partial charge in [0.2, 0.25) is 5.88 Å². The van der Waals surface area contributed by atoms with Crippen molar-refractivity contribution in [1.29, 1.82) is 0 Å². The van der Waals surface area contributed by atoms with Crippen LogP contribution in [0.2, 0.25) is 0 Å². The highest BCUT2D eigenvalue weighted by atomic mass is 32.1. The minimum Gasteiger partial charge on any atom is -0.491 e. The van der Waals surface area contributed by atoms with Crippen LogP contribution >= 0.6 is 11.5 Å². The molecule has 0 spiro atoms. The summed E-state index contributed by atoms with van der Waals surface area (Å²) in [5.74, 6) is 1.36. The van der Waals surface area contributed by atoms with Gasteiger partial charge in [-0.15, -0.1) is 5.10 Å². The van der Waals surface area contributed by atoms with E-state index in [4.69, 9.17) is 18.9 Å². The average molecular weight is 484 g/mol. The number of carbonyl (C=O) groups excluding carboxylic acids is 1. The molecular formula is C23H25N5O5S. The molecule has 2 saturated heterocycles. The molecule has 10 nitrogen and oxygen atoms in total. The molecule has 0 radical (unpaired) electrons. The van der Waals surface area contributed by atoms with E-state index < -0.39 is 5.54 Å². The fraction of sp³-hybridized carbons (Fsp3) is 0.478. The molecule has 34 heavy (non-hydrogen) atoms. The first kappa shape index (κ1) is 21.5. The van der Waals surface area contributed by atoms with Crippen molar-refractivity contribution in [3.63, 3.8) is 0 Å². The molecule has 5 heterocycles. The number of ether oxygens (including phenoxy) is 4. The molecule has 11 heteroatoms. The second-order valence-corrected chi connectivity index (χ2v) is 9.44. The van der Waals surface area contributed by atoms with Crippen LogP contribution in [0.4, 0.5) is 0 Å². The third-order valence-electron chi connectivity index (χ3n) is 6.88. The van der Waals surface area contributed by atoms with E-state index in [9.17, 15) is 4.79 Å². The van der Waals surface area contributed by atoms with Gasteiger partial charge in [-0.1, -0.05) is 23.4 Å². The Morgan fingerprint density at radius 2 is 2.09 bits per heavy atom. The van der Waals surface area contributed by atoms with Gasteiger partial charge in [-0.05, 0) is 17.6 Å². The summed E-state index contributed by atoms with van der Waals surface area (Å²) >= 11 is 1.29. The van der Waals surface area contributed by atoms with Gasteiger partial charge in [0, 0.05) is 44.2 Å². The summed E-state index contributed by atoms with van der Waals surface area (Å²) in [4.78, 5) is 17.0. The first-order valence-electron chi connectivity index (χ1n) is 11.4. The Labute approximate surface area is 200 Å². The van der Waals surface area contributed by atoms with E-state index >= 15 is 0 Å². The summed E-state index contributed by atoms with van der Waals surface area (Å²) in [6, 6.07) is 9.49. The topological polar surface area (TPSA) is 101 Å². The standard InChI is InChI=1S/C23H25N5O5S/c1-30-20-12-19(34-25-20)16-13-28(26-24-16)23(6-9-31-10-7-23)22(29)27-8-11-32-21-15-4-2-3-5-18(15)33-14-17(21)27/h2-5,12-13,17,21H,6-11,14H2,1H3. The molecule has 178 valence electrons. The molecule has 1 aromatic carbocycles. The normalized spacial score (nSPS) is 23.5. The first-order valence-corrected chi connectivity index (χ1v) is 12.1. The van der Waals surface area contributed by atoms with Gasteiger partial charge in [-0.3, -0.25) is 4.79 Å². The fourth-order valence-corrected chi connectivity index (χ4v) is 5.70. The Hall–Kier alpha value is -3.02. The number of carbonyl (C=O) groups is 1. The lowest BCUT2D eigenvalue weighted by Crippen LogP contribution is -2.61. The van der Waals surface area contributed by atoms with Crippen LogP contribution < -0.4 is 9.47 Å². The second-order valence-electron chi connectivity index (χ2n) is 8.63. The van der Waals surface area contributed by atoms with E-state index in [2.05, 4.69) is 14.7 Å². The minimum absolute atomic E-state index is 0.00964. The van der Waals surface area contributed by atoms with Gasteiger partial charge in [0.15, 0.2) is 0 Å². The summed E-state index contributed by atoms with van der Waals surface area (Å²) in [6.45, 7) is 2.32. The molecule has 0 aliphatic carbocycles. The van der Waals surface area contributed by atoms with Crippen LogP contribution in [-0.2, 0) is 19.8 Å². The number of nitrogens with zero attached hydrogens (tertiary/aromatic N) is 5. The van der Waals surface area contributed by atoms with Gasteiger partial charge in [-0.2, -0.15) is 4.37 Å². The zero-order valence-electron chi connectivity index (χ0n) is 18.8. The van der Waals surface area contributed by atoms with Crippen LogP contribution in [0.1, 0.15) is 24.5 Å². The highest BCUT2D eigenvalue weighted by Crippen LogP contribution is 2.41. The number of rotatable bonds is 4.